The van der Waals surface area contributed by atoms with Crippen molar-refractivity contribution in [2.45, 2.75) is 19.0 Å². The number of rotatable bonds is 4. The van der Waals surface area contributed by atoms with E-state index in [0.29, 0.717) is 69.2 Å². The average molecular weight is 447 g/mol. The quantitative estimate of drug-likeness (QED) is 0.773. The van der Waals surface area contributed by atoms with Crippen molar-refractivity contribution < 1.29 is 22.8 Å². The molecular formula is C20H26ClF3N4O2. The zero-order valence-corrected chi connectivity index (χ0v) is 17.4. The van der Waals surface area contributed by atoms with E-state index in [1.807, 2.05) is 0 Å². The molecule has 0 radical (unpaired) electrons. The topological polar surface area (TPSA) is 55.9 Å². The first kappa shape index (κ1) is 22.7. The fourth-order valence-corrected chi connectivity index (χ4v) is 4.17. The third-order valence-electron chi connectivity index (χ3n) is 5.49. The molecule has 1 unspecified atom stereocenters. The number of likely N-dealkylation sites (tertiary alicyclic amines) is 1. The highest BCUT2D eigenvalue weighted by Crippen LogP contribution is 2.22. The second-order valence-corrected chi connectivity index (χ2v) is 8.21. The standard InChI is InChI=1S/C20H26ClF3N4O2/c21-17-5-2-1-4-16(17)18(29)27-7-3-8-28(11-10-27)19(30)25-12-15-6-9-26(13-15)14-20(22,23)24/h1-2,4-5,15H,3,6-14H2,(H,25,30). The Hall–Kier alpha value is -2.00. The molecule has 10 heteroatoms. The maximum Gasteiger partial charge on any atom is 0.401 e. The minimum atomic E-state index is -4.20. The van der Waals surface area contributed by atoms with E-state index in [4.69, 9.17) is 11.6 Å². The van der Waals surface area contributed by atoms with Crippen molar-refractivity contribution in [3.8, 4) is 0 Å². The van der Waals surface area contributed by atoms with Gasteiger partial charge in [0.25, 0.3) is 5.91 Å². The van der Waals surface area contributed by atoms with Crippen LogP contribution in [-0.2, 0) is 0 Å². The predicted molar refractivity (Wildman–Crippen MR) is 108 cm³/mol. The van der Waals surface area contributed by atoms with Crippen LogP contribution in [0.25, 0.3) is 0 Å². The highest BCUT2D eigenvalue weighted by atomic mass is 35.5. The van der Waals surface area contributed by atoms with E-state index < -0.39 is 12.7 Å². The van der Waals surface area contributed by atoms with Crippen molar-refractivity contribution in [3.63, 3.8) is 0 Å². The minimum absolute atomic E-state index is 0.0153. The molecule has 1 aromatic carbocycles. The highest BCUT2D eigenvalue weighted by Gasteiger charge is 2.34. The fourth-order valence-electron chi connectivity index (χ4n) is 3.95. The predicted octanol–water partition coefficient (Wildman–Crippen LogP) is 3.08. The lowest BCUT2D eigenvalue weighted by molar-refractivity contribution is -0.143. The van der Waals surface area contributed by atoms with Gasteiger partial charge in [0.2, 0.25) is 0 Å². The number of halogens is 4. The first-order valence-electron chi connectivity index (χ1n) is 10.1. The largest absolute Gasteiger partial charge is 0.401 e. The number of alkyl halides is 3. The number of nitrogens with zero attached hydrogens (tertiary/aromatic N) is 3. The summed E-state index contributed by atoms with van der Waals surface area (Å²) in [6, 6.07) is 6.64. The van der Waals surface area contributed by atoms with Crippen LogP contribution < -0.4 is 5.32 Å². The third-order valence-corrected chi connectivity index (χ3v) is 5.82. The first-order chi connectivity index (χ1) is 14.2. The second-order valence-electron chi connectivity index (χ2n) is 7.80. The van der Waals surface area contributed by atoms with E-state index in [0.717, 1.165) is 0 Å². The summed E-state index contributed by atoms with van der Waals surface area (Å²) < 4.78 is 37.5. The Balaban J connectivity index is 1.45. The Bertz CT molecular complexity index is 762. The van der Waals surface area contributed by atoms with Crippen molar-refractivity contribution in [2.75, 3.05) is 52.4 Å². The molecule has 6 nitrogen and oxygen atoms in total. The molecule has 0 aromatic heterocycles. The summed E-state index contributed by atoms with van der Waals surface area (Å²) in [5.74, 6) is -0.139. The first-order valence-corrected chi connectivity index (χ1v) is 10.5. The molecule has 0 saturated carbocycles. The summed E-state index contributed by atoms with van der Waals surface area (Å²) in [7, 11) is 0. The number of urea groups is 1. The summed E-state index contributed by atoms with van der Waals surface area (Å²) in [5.41, 5.74) is 0.446. The van der Waals surface area contributed by atoms with Gasteiger partial charge in [0.05, 0.1) is 17.1 Å². The van der Waals surface area contributed by atoms with Gasteiger partial charge in [-0.2, -0.15) is 13.2 Å². The summed E-state index contributed by atoms with van der Waals surface area (Å²) in [5, 5.41) is 3.25. The van der Waals surface area contributed by atoms with Gasteiger partial charge >= 0.3 is 12.2 Å². The van der Waals surface area contributed by atoms with Crippen molar-refractivity contribution in [1.82, 2.24) is 20.0 Å². The Morgan fingerprint density at radius 3 is 2.50 bits per heavy atom. The van der Waals surface area contributed by atoms with Crippen molar-refractivity contribution in [3.05, 3.63) is 34.9 Å². The SMILES string of the molecule is O=C(NCC1CCN(CC(F)(F)F)C1)N1CCCN(C(=O)c2ccccc2Cl)CC1. The summed E-state index contributed by atoms with van der Waals surface area (Å²) in [6.07, 6.45) is -2.92. The van der Waals surface area contributed by atoms with E-state index >= 15 is 0 Å². The average Bonchev–Trinajstić information content (AvgIpc) is 2.97. The van der Waals surface area contributed by atoms with Crippen LogP contribution in [0.3, 0.4) is 0 Å². The molecule has 2 fully saturated rings. The molecule has 2 aliphatic rings. The van der Waals surface area contributed by atoms with Crippen molar-refractivity contribution in [2.24, 2.45) is 5.92 Å². The molecule has 3 rings (SSSR count). The van der Waals surface area contributed by atoms with Gasteiger partial charge in [-0.15, -0.1) is 0 Å². The van der Waals surface area contributed by atoms with Crippen LogP contribution in [0.4, 0.5) is 18.0 Å². The summed E-state index contributed by atoms with van der Waals surface area (Å²) in [4.78, 5) is 30.0. The molecule has 0 spiro atoms. The van der Waals surface area contributed by atoms with Crippen LogP contribution in [-0.4, -0.2) is 85.2 Å². The molecule has 3 amide bonds. The molecule has 166 valence electrons. The number of benzene rings is 1. The van der Waals surface area contributed by atoms with Crippen molar-refractivity contribution >= 4 is 23.5 Å². The zero-order valence-electron chi connectivity index (χ0n) is 16.6. The molecule has 2 saturated heterocycles. The highest BCUT2D eigenvalue weighted by molar-refractivity contribution is 6.33. The normalized spacial score (nSPS) is 20.9. The van der Waals surface area contributed by atoms with Crippen LogP contribution in [0.15, 0.2) is 24.3 Å². The summed E-state index contributed by atoms with van der Waals surface area (Å²) in [6.45, 7) is 2.02. The Morgan fingerprint density at radius 2 is 1.77 bits per heavy atom. The van der Waals surface area contributed by atoms with Gasteiger partial charge in [-0.25, -0.2) is 4.79 Å². The van der Waals surface area contributed by atoms with Crippen LogP contribution >= 0.6 is 11.6 Å². The number of nitrogens with one attached hydrogen (secondary N) is 1. The molecule has 0 aliphatic carbocycles. The van der Waals surface area contributed by atoms with Crippen LogP contribution in [0.5, 0.6) is 0 Å². The Morgan fingerprint density at radius 1 is 1.07 bits per heavy atom. The molecule has 1 atom stereocenters. The maximum atomic E-state index is 12.7. The maximum absolute atomic E-state index is 12.7. The molecule has 2 aliphatic heterocycles. The smallest absolute Gasteiger partial charge is 0.338 e. The zero-order chi connectivity index (χ0) is 21.7. The summed E-state index contributed by atoms with van der Waals surface area (Å²) >= 11 is 6.12. The molecule has 2 heterocycles. The number of amides is 3. The van der Waals surface area contributed by atoms with Gasteiger partial charge in [-0.3, -0.25) is 9.69 Å². The number of hydrogen-bond acceptors (Lipinski definition) is 3. The minimum Gasteiger partial charge on any atom is -0.338 e. The van der Waals surface area contributed by atoms with E-state index in [-0.39, 0.29) is 17.9 Å². The molecule has 1 N–H and O–H groups in total. The lowest BCUT2D eigenvalue weighted by atomic mass is 10.1. The number of hydrogen-bond donors (Lipinski definition) is 1. The van der Waals surface area contributed by atoms with E-state index in [1.165, 1.54) is 4.90 Å². The lowest BCUT2D eigenvalue weighted by Gasteiger charge is -2.23. The van der Waals surface area contributed by atoms with Gasteiger partial charge in [-0.1, -0.05) is 23.7 Å². The fraction of sp³-hybridized carbons (Fsp3) is 0.600. The van der Waals surface area contributed by atoms with Crippen LogP contribution in [0.1, 0.15) is 23.2 Å². The van der Waals surface area contributed by atoms with E-state index in [1.54, 1.807) is 34.1 Å². The Kier molecular flexibility index (Phi) is 7.46. The molecule has 30 heavy (non-hydrogen) atoms. The van der Waals surface area contributed by atoms with Gasteiger partial charge in [-0.05, 0) is 37.4 Å². The number of carbonyl (C=O) groups is 2. The van der Waals surface area contributed by atoms with Crippen LogP contribution in [0.2, 0.25) is 5.02 Å². The lowest BCUT2D eigenvalue weighted by Crippen LogP contribution is -2.44. The van der Waals surface area contributed by atoms with E-state index in [9.17, 15) is 22.8 Å². The number of carbonyl (C=O) groups excluding carboxylic acids is 2. The van der Waals surface area contributed by atoms with E-state index in [2.05, 4.69) is 5.32 Å². The van der Waals surface area contributed by atoms with Gasteiger partial charge in [0.1, 0.15) is 0 Å². The van der Waals surface area contributed by atoms with Gasteiger partial charge < -0.3 is 15.1 Å². The monoisotopic (exact) mass is 446 g/mol. The van der Waals surface area contributed by atoms with Crippen LogP contribution in [0, 0.1) is 5.92 Å². The van der Waals surface area contributed by atoms with Gasteiger partial charge in [0.15, 0.2) is 0 Å². The molecule has 1 aromatic rings. The Labute approximate surface area is 178 Å². The van der Waals surface area contributed by atoms with Crippen molar-refractivity contribution in [1.29, 1.82) is 0 Å². The third kappa shape index (κ3) is 6.25. The molecule has 0 bridgehead atoms. The molecular weight excluding hydrogens is 421 g/mol. The van der Waals surface area contributed by atoms with Gasteiger partial charge in [0, 0.05) is 39.3 Å². The second kappa shape index (κ2) is 9.87.